The number of ketones is 1. The summed E-state index contributed by atoms with van der Waals surface area (Å²) in [6.07, 6.45) is 7.17. The van der Waals surface area contributed by atoms with Crippen molar-refractivity contribution in [2.75, 3.05) is 0 Å². The molecule has 2 heterocycles. The molecule has 0 bridgehead atoms. The number of nitrogens with zero attached hydrogens (tertiary/aromatic N) is 4. The van der Waals surface area contributed by atoms with E-state index in [1.54, 1.807) is 12.4 Å². The third kappa shape index (κ3) is 2.57. The molecule has 0 radical (unpaired) electrons. The average Bonchev–Trinajstić information content (AvgIpc) is 3.19. The number of benzene rings is 1. The maximum atomic E-state index is 12.7. The fourth-order valence-corrected chi connectivity index (χ4v) is 5.35. The number of Topliss-reactive ketones (excluding diaryl/α,β-unsaturated/α-hetero) is 1. The second-order valence-electron chi connectivity index (χ2n) is 8.41. The van der Waals surface area contributed by atoms with Crippen molar-refractivity contribution in [2.24, 2.45) is 11.8 Å². The quantitative estimate of drug-likeness (QED) is 0.645. The van der Waals surface area contributed by atoms with Crippen LogP contribution >= 0.6 is 0 Å². The summed E-state index contributed by atoms with van der Waals surface area (Å²) in [5.74, 6) is -0.0963. The summed E-state index contributed by atoms with van der Waals surface area (Å²) in [5.41, 5.74) is 5.07. The Balaban J connectivity index is 1.83. The van der Waals surface area contributed by atoms with Gasteiger partial charge in [-0.15, -0.1) is 0 Å². The Morgan fingerprint density at radius 1 is 1.17 bits per heavy atom. The van der Waals surface area contributed by atoms with E-state index in [1.165, 1.54) is 5.56 Å². The number of carbonyl (C=O) groups excluding carboxylic acids is 1. The first-order chi connectivity index (χ1) is 14.5. The van der Waals surface area contributed by atoms with Crippen LogP contribution in [0, 0.1) is 23.2 Å². The van der Waals surface area contributed by atoms with Crippen LogP contribution < -0.4 is 0 Å². The molecular weight excluding hydrogens is 372 g/mol. The number of hydrogen-bond acceptors (Lipinski definition) is 4. The number of pyridine rings is 1. The molecule has 0 spiro atoms. The predicted molar refractivity (Wildman–Crippen MR) is 114 cm³/mol. The summed E-state index contributed by atoms with van der Waals surface area (Å²) < 4.78 is 2.00. The molecule has 30 heavy (non-hydrogen) atoms. The number of aromatic nitrogens is 3. The second-order valence-corrected chi connectivity index (χ2v) is 8.41. The van der Waals surface area contributed by atoms with E-state index in [9.17, 15) is 10.1 Å². The lowest BCUT2D eigenvalue weighted by atomic mass is 9.57. The van der Waals surface area contributed by atoms with Crippen LogP contribution in [-0.4, -0.2) is 20.5 Å². The molecule has 0 N–H and O–H groups in total. The fourth-order valence-electron chi connectivity index (χ4n) is 5.35. The van der Waals surface area contributed by atoms with E-state index >= 15 is 0 Å². The van der Waals surface area contributed by atoms with Crippen molar-refractivity contribution < 1.29 is 4.79 Å². The number of fused-ring (bicyclic) bond motifs is 3. The van der Waals surface area contributed by atoms with Gasteiger partial charge in [-0.3, -0.25) is 9.78 Å². The highest BCUT2D eigenvalue weighted by molar-refractivity contribution is 6.02. The van der Waals surface area contributed by atoms with E-state index in [1.807, 2.05) is 48.0 Å². The molecule has 3 atom stereocenters. The molecule has 0 saturated carbocycles. The zero-order chi connectivity index (χ0) is 20.9. The van der Waals surface area contributed by atoms with Crippen molar-refractivity contribution in [2.45, 2.75) is 32.1 Å². The molecule has 5 rings (SSSR count). The molecule has 5 nitrogen and oxygen atoms in total. The van der Waals surface area contributed by atoms with E-state index in [-0.39, 0.29) is 23.2 Å². The van der Waals surface area contributed by atoms with Gasteiger partial charge < -0.3 is 0 Å². The minimum Gasteiger partial charge on any atom is -0.293 e. The van der Waals surface area contributed by atoms with Gasteiger partial charge in [-0.2, -0.15) is 10.4 Å². The number of rotatable bonds is 2. The molecule has 3 aromatic rings. The van der Waals surface area contributed by atoms with Gasteiger partial charge in [0.15, 0.2) is 5.78 Å². The van der Waals surface area contributed by atoms with Crippen LogP contribution in [0.5, 0.6) is 0 Å². The summed E-state index contributed by atoms with van der Waals surface area (Å²) in [5, 5.41) is 14.7. The lowest BCUT2D eigenvalue weighted by Crippen LogP contribution is -2.46. The Bertz CT molecular complexity index is 1200. The highest BCUT2D eigenvalue weighted by Gasteiger charge is 2.50. The molecule has 0 aliphatic heterocycles. The number of allylic oxidation sites excluding steroid dienone is 2. The number of hydrogen-bond donors (Lipinski definition) is 0. The van der Waals surface area contributed by atoms with Gasteiger partial charge in [0.2, 0.25) is 0 Å². The molecule has 5 heteroatoms. The first-order valence-electron chi connectivity index (χ1n) is 10.3. The van der Waals surface area contributed by atoms with Gasteiger partial charge in [-0.1, -0.05) is 50.3 Å². The van der Waals surface area contributed by atoms with Crippen molar-refractivity contribution in [3.8, 4) is 23.0 Å². The van der Waals surface area contributed by atoms with Gasteiger partial charge >= 0.3 is 0 Å². The van der Waals surface area contributed by atoms with Gasteiger partial charge in [0.25, 0.3) is 0 Å². The smallest absolute Gasteiger partial charge is 0.176 e. The van der Waals surface area contributed by atoms with E-state index in [0.29, 0.717) is 0 Å². The Labute approximate surface area is 175 Å². The Kier molecular flexibility index (Phi) is 4.18. The lowest BCUT2D eigenvalue weighted by Gasteiger charge is -2.45. The predicted octanol–water partition coefficient (Wildman–Crippen LogP) is 4.42. The van der Waals surface area contributed by atoms with Crippen molar-refractivity contribution in [3.63, 3.8) is 0 Å². The van der Waals surface area contributed by atoms with E-state index in [0.717, 1.165) is 35.5 Å². The van der Waals surface area contributed by atoms with Gasteiger partial charge in [0.05, 0.1) is 22.6 Å². The second kappa shape index (κ2) is 6.77. The third-order valence-electron chi connectivity index (χ3n) is 6.77. The lowest BCUT2D eigenvalue weighted by molar-refractivity contribution is -0.121. The maximum absolute atomic E-state index is 12.7. The summed E-state index contributed by atoms with van der Waals surface area (Å²) in [4.78, 5) is 16.9. The van der Waals surface area contributed by atoms with Crippen LogP contribution in [0.1, 0.15) is 31.5 Å². The van der Waals surface area contributed by atoms with Gasteiger partial charge in [-0.25, -0.2) is 4.68 Å². The first-order valence-corrected chi connectivity index (χ1v) is 10.3. The SMILES string of the molecule is C[C@H]1C(=O)C(C#N)=C[C@@]2(C)c3c(c(-c4ccccc4)nn3-c3ccncc3)CC[C@H]12. The summed E-state index contributed by atoms with van der Waals surface area (Å²) >= 11 is 0. The maximum Gasteiger partial charge on any atom is 0.176 e. The van der Waals surface area contributed by atoms with Crippen molar-refractivity contribution in [3.05, 3.63) is 77.8 Å². The number of nitriles is 1. The standard InChI is InChI=1S/C25H22N4O/c1-16-21-9-8-20-22(17-6-4-3-5-7-17)28-29(19-10-12-27-13-11-19)24(20)25(21,2)14-18(15-26)23(16)30/h3-7,10-14,16,21H,8-9H2,1-2H3/t16-,21-,25-/m1/s1. The molecule has 0 fully saturated rings. The molecule has 148 valence electrons. The highest BCUT2D eigenvalue weighted by Crippen LogP contribution is 2.52. The Morgan fingerprint density at radius 3 is 2.60 bits per heavy atom. The van der Waals surface area contributed by atoms with Crippen molar-refractivity contribution in [1.82, 2.24) is 14.8 Å². The average molecular weight is 394 g/mol. The van der Waals surface area contributed by atoms with Crippen LogP contribution in [0.25, 0.3) is 16.9 Å². The van der Waals surface area contributed by atoms with Gasteiger partial charge in [-0.05, 0) is 30.9 Å². The van der Waals surface area contributed by atoms with Crippen molar-refractivity contribution in [1.29, 1.82) is 5.26 Å². The first kappa shape index (κ1) is 18.5. The van der Waals surface area contributed by atoms with E-state index < -0.39 is 5.41 Å². The Hall–Kier alpha value is -3.52. The topological polar surface area (TPSA) is 71.6 Å². The monoisotopic (exact) mass is 394 g/mol. The fraction of sp³-hybridized carbons (Fsp3) is 0.280. The normalized spacial score (nSPS) is 25.1. The molecule has 0 saturated heterocycles. The molecule has 0 unspecified atom stereocenters. The van der Waals surface area contributed by atoms with Gasteiger partial charge in [0.1, 0.15) is 6.07 Å². The zero-order valence-electron chi connectivity index (χ0n) is 17.0. The van der Waals surface area contributed by atoms with E-state index in [4.69, 9.17) is 5.10 Å². The van der Waals surface area contributed by atoms with Crippen LogP contribution in [0.2, 0.25) is 0 Å². The molecule has 2 aliphatic rings. The van der Waals surface area contributed by atoms with Crippen LogP contribution in [-0.2, 0) is 16.6 Å². The van der Waals surface area contributed by atoms with Crippen LogP contribution in [0.15, 0.2) is 66.5 Å². The molecule has 0 amide bonds. The summed E-state index contributed by atoms with van der Waals surface area (Å²) in [6.45, 7) is 4.12. The molecule has 2 aliphatic carbocycles. The van der Waals surface area contributed by atoms with Gasteiger partial charge in [0, 0.05) is 34.9 Å². The highest BCUT2D eigenvalue weighted by atomic mass is 16.1. The van der Waals surface area contributed by atoms with Crippen molar-refractivity contribution >= 4 is 5.78 Å². The minimum atomic E-state index is -0.449. The molecule has 2 aromatic heterocycles. The largest absolute Gasteiger partial charge is 0.293 e. The Morgan fingerprint density at radius 2 is 1.90 bits per heavy atom. The third-order valence-corrected chi connectivity index (χ3v) is 6.77. The molecular formula is C25H22N4O. The van der Waals surface area contributed by atoms with E-state index in [2.05, 4.69) is 30.1 Å². The summed E-state index contributed by atoms with van der Waals surface area (Å²) in [7, 11) is 0. The number of carbonyl (C=O) groups is 1. The summed E-state index contributed by atoms with van der Waals surface area (Å²) in [6, 6.07) is 16.2. The van der Waals surface area contributed by atoms with Crippen LogP contribution in [0.3, 0.4) is 0 Å². The molecule has 1 aromatic carbocycles. The van der Waals surface area contributed by atoms with Crippen LogP contribution in [0.4, 0.5) is 0 Å². The minimum absolute atomic E-state index is 0.0401. The zero-order valence-corrected chi connectivity index (χ0v) is 17.0.